The Hall–Kier alpha value is -1.58. The zero-order valence-corrected chi connectivity index (χ0v) is 10.5. The van der Waals surface area contributed by atoms with Crippen molar-refractivity contribution in [2.45, 2.75) is 41.7 Å². The Bertz CT molecular complexity index is 529. The van der Waals surface area contributed by atoms with Crippen LogP contribution in [-0.4, -0.2) is 52.8 Å². The summed E-state index contributed by atoms with van der Waals surface area (Å²) in [5.74, 6) is -37.6. The summed E-state index contributed by atoms with van der Waals surface area (Å²) < 4.78 is 186. The van der Waals surface area contributed by atoms with Gasteiger partial charge in [-0.2, -0.15) is 61.5 Å². The van der Waals surface area contributed by atoms with Gasteiger partial charge in [0.25, 0.3) is 0 Å². The molecule has 0 rings (SSSR count). The maximum absolute atomic E-state index is 13.4. The van der Waals surface area contributed by atoms with E-state index in [0.717, 1.165) is 0 Å². The number of alkyl halides is 15. The molecule has 150 valence electrons. The van der Waals surface area contributed by atoms with Crippen LogP contribution in [-0.2, 0) is 4.79 Å². The fourth-order valence-corrected chi connectivity index (χ4v) is 1.25. The lowest BCUT2D eigenvalue weighted by molar-refractivity contribution is -0.434. The number of aliphatic carboxylic acids is 1. The monoisotopic (exact) mass is 414 g/mol. The summed E-state index contributed by atoms with van der Waals surface area (Å²) in [6.45, 7) is 0. The van der Waals surface area contributed by atoms with Gasteiger partial charge in [-0.1, -0.05) is 0 Å². The molecule has 0 fully saturated rings. The third-order valence-corrected chi connectivity index (χ3v) is 2.66. The van der Waals surface area contributed by atoms with Crippen LogP contribution in [0.5, 0.6) is 0 Å². The zero-order valence-electron chi connectivity index (χ0n) is 10.5. The second-order valence-corrected chi connectivity index (χ2v) is 4.26. The van der Waals surface area contributed by atoms with E-state index in [9.17, 15) is 70.7 Å². The molecule has 0 aliphatic carbocycles. The van der Waals surface area contributed by atoms with E-state index in [4.69, 9.17) is 5.11 Å². The molecule has 0 saturated carbocycles. The van der Waals surface area contributed by atoms with E-state index in [0.29, 0.717) is 0 Å². The molecule has 0 spiro atoms. The van der Waals surface area contributed by atoms with Gasteiger partial charge in [0.15, 0.2) is 0 Å². The van der Waals surface area contributed by atoms with Gasteiger partial charge in [0, 0.05) is 0 Å². The average molecular weight is 414 g/mol. The first-order valence-corrected chi connectivity index (χ1v) is 5.01. The highest BCUT2D eigenvalue weighted by Crippen LogP contribution is 2.62. The van der Waals surface area contributed by atoms with Crippen molar-refractivity contribution >= 4 is 5.97 Å². The topological polar surface area (TPSA) is 37.3 Å². The van der Waals surface area contributed by atoms with Gasteiger partial charge in [0.2, 0.25) is 0 Å². The summed E-state index contributed by atoms with van der Waals surface area (Å²) in [5, 5.41) is 7.80. The van der Waals surface area contributed by atoms with Crippen LogP contribution >= 0.6 is 0 Å². The maximum Gasteiger partial charge on any atom is 0.460 e. The van der Waals surface area contributed by atoms with Crippen LogP contribution in [0.2, 0.25) is 0 Å². The Labute approximate surface area is 125 Å². The molecule has 0 amide bonds. The Balaban J connectivity index is 6.85. The molecule has 0 aliphatic rings. The highest BCUT2D eigenvalue weighted by atomic mass is 19.4. The van der Waals surface area contributed by atoms with Gasteiger partial charge in [0.1, 0.15) is 0 Å². The minimum absolute atomic E-state index is 4.77. The third kappa shape index (κ3) is 2.74. The Kier molecular flexibility index (Phi) is 5.11. The van der Waals surface area contributed by atoms with E-state index in [1.165, 1.54) is 0 Å². The fraction of sp³-hybridized carbons (Fsp3) is 0.875. The SMILES string of the molecule is O=C(O)C(F)(C(F)(F)C(F)(F)F)C(F)(F)C(F)(F)C(F)(F)C(F)(F)F. The molecule has 0 aliphatic heterocycles. The number of hydrogen-bond donors (Lipinski definition) is 1. The van der Waals surface area contributed by atoms with Gasteiger partial charge >= 0.3 is 47.7 Å². The lowest BCUT2D eigenvalue weighted by atomic mass is 9.83. The van der Waals surface area contributed by atoms with Crippen LogP contribution in [0.15, 0.2) is 0 Å². The molecule has 0 saturated heterocycles. The van der Waals surface area contributed by atoms with E-state index in [-0.39, 0.29) is 0 Å². The minimum atomic E-state index is -8.39. The first-order chi connectivity index (χ1) is 10.4. The van der Waals surface area contributed by atoms with Crippen LogP contribution in [0.1, 0.15) is 0 Å². The summed E-state index contributed by atoms with van der Waals surface area (Å²) in [5.41, 5.74) is -7.92. The smallest absolute Gasteiger partial charge is 0.460 e. The molecule has 0 heterocycles. The maximum atomic E-state index is 13.4. The molecule has 0 aromatic carbocycles. The van der Waals surface area contributed by atoms with Crippen LogP contribution in [0.25, 0.3) is 0 Å². The second kappa shape index (κ2) is 5.46. The summed E-state index contributed by atoms with van der Waals surface area (Å²) in [6.07, 6.45) is -15.4. The van der Waals surface area contributed by atoms with E-state index in [1.54, 1.807) is 0 Å². The van der Waals surface area contributed by atoms with Gasteiger partial charge in [-0.25, -0.2) is 9.18 Å². The molecule has 17 heteroatoms. The van der Waals surface area contributed by atoms with Crippen LogP contribution in [0.3, 0.4) is 0 Å². The number of carboxylic acid groups (broad SMARTS) is 1. The van der Waals surface area contributed by atoms with Gasteiger partial charge in [-0.15, -0.1) is 0 Å². The van der Waals surface area contributed by atoms with Crippen molar-refractivity contribution in [1.29, 1.82) is 0 Å². The third-order valence-electron chi connectivity index (χ3n) is 2.66. The average Bonchev–Trinajstić information content (AvgIpc) is 2.33. The number of halogens is 15. The summed E-state index contributed by atoms with van der Waals surface area (Å²) in [6, 6.07) is 0. The molecule has 25 heavy (non-hydrogen) atoms. The lowest BCUT2D eigenvalue weighted by Gasteiger charge is -2.41. The quantitative estimate of drug-likeness (QED) is 0.676. The van der Waals surface area contributed by atoms with Gasteiger partial charge in [-0.3, -0.25) is 0 Å². The van der Waals surface area contributed by atoms with Gasteiger partial charge in [0.05, 0.1) is 0 Å². The van der Waals surface area contributed by atoms with Crippen molar-refractivity contribution in [1.82, 2.24) is 0 Å². The first kappa shape index (κ1) is 23.4. The van der Waals surface area contributed by atoms with Gasteiger partial charge < -0.3 is 5.11 Å². The lowest BCUT2D eigenvalue weighted by Crippen LogP contribution is -2.76. The molecule has 0 aromatic rings. The molecule has 1 unspecified atom stereocenters. The number of hydrogen-bond acceptors (Lipinski definition) is 1. The van der Waals surface area contributed by atoms with Crippen LogP contribution in [0.4, 0.5) is 65.9 Å². The molecule has 2 nitrogen and oxygen atoms in total. The zero-order chi connectivity index (χ0) is 21.1. The molecule has 1 N–H and O–H groups in total. The Morgan fingerprint density at radius 3 is 0.960 bits per heavy atom. The largest absolute Gasteiger partial charge is 0.479 e. The van der Waals surface area contributed by atoms with Crippen LogP contribution < -0.4 is 0 Å². The highest BCUT2D eigenvalue weighted by molar-refractivity contribution is 5.81. The number of carboxylic acids is 1. The molecule has 0 bridgehead atoms. The summed E-state index contributed by atoms with van der Waals surface area (Å²) in [7, 11) is 0. The number of rotatable bonds is 5. The van der Waals surface area contributed by atoms with Gasteiger partial charge in [-0.05, 0) is 0 Å². The minimum Gasteiger partial charge on any atom is -0.479 e. The van der Waals surface area contributed by atoms with E-state index in [1.807, 2.05) is 0 Å². The predicted octanol–water partition coefficient (Wildman–Crippen LogP) is 4.45. The van der Waals surface area contributed by atoms with Crippen LogP contribution in [0, 0.1) is 0 Å². The molecular weight excluding hydrogens is 413 g/mol. The summed E-state index contributed by atoms with van der Waals surface area (Å²) in [4.78, 5) is 10.1. The normalized spacial score (nSPS) is 18.0. The highest BCUT2D eigenvalue weighted by Gasteiger charge is 2.95. The van der Waals surface area contributed by atoms with Crippen molar-refractivity contribution in [3.05, 3.63) is 0 Å². The van der Waals surface area contributed by atoms with Crippen molar-refractivity contribution in [3.8, 4) is 0 Å². The van der Waals surface area contributed by atoms with E-state index in [2.05, 4.69) is 0 Å². The molecule has 0 radical (unpaired) electrons. The van der Waals surface area contributed by atoms with E-state index >= 15 is 0 Å². The first-order valence-electron chi connectivity index (χ1n) is 5.01. The molecular formula is C8HF15O2. The van der Waals surface area contributed by atoms with E-state index < -0.39 is 47.7 Å². The van der Waals surface area contributed by atoms with Crippen molar-refractivity contribution in [2.75, 3.05) is 0 Å². The Morgan fingerprint density at radius 2 is 0.760 bits per heavy atom. The molecule has 0 aromatic heterocycles. The fourth-order valence-electron chi connectivity index (χ4n) is 1.25. The Morgan fingerprint density at radius 1 is 0.480 bits per heavy atom. The second-order valence-electron chi connectivity index (χ2n) is 4.26. The summed E-state index contributed by atoms with van der Waals surface area (Å²) >= 11 is 0. The predicted molar refractivity (Wildman–Crippen MR) is 43.4 cm³/mol. The standard InChI is InChI=1S/C8HF15O2/c9-2(1(24)25,4(12,13)7(18,19)20)3(10,11)5(14,15)6(16,17)8(21,22)23/h(H,24,25). The van der Waals surface area contributed by atoms with Crippen molar-refractivity contribution in [2.24, 2.45) is 0 Å². The molecule has 1 atom stereocenters. The number of carbonyl (C=O) groups is 1. The van der Waals surface area contributed by atoms with Crippen molar-refractivity contribution in [3.63, 3.8) is 0 Å². The van der Waals surface area contributed by atoms with Crippen molar-refractivity contribution < 1.29 is 75.8 Å².